The van der Waals surface area contributed by atoms with Crippen molar-refractivity contribution < 1.29 is 32.2 Å². The third-order valence-electron chi connectivity index (χ3n) is 7.68. The zero-order valence-corrected chi connectivity index (χ0v) is 24.2. The minimum Gasteiger partial charge on any atom is -0.486 e. The van der Waals surface area contributed by atoms with Crippen molar-refractivity contribution in [3.63, 3.8) is 0 Å². The van der Waals surface area contributed by atoms with Gasteiger partial charge in [-0.1, -0.05) is 24.1 Å². The van der Waals surface area contributed by atoms with E-state index in [2.05, 4.69) is 21.7 Å². The second kappa shape index (κ2) is 12.9. The van der Waals surface area contributed by atoms with E-state index in [0.29, 0.717) is 56.3 Å². The van der Waals surface area contributed by atoms with Crippen LogP contribution in [-0.4, -0.2) is 67.1 Å². The van der Waals surface area contributed by atoms with Gasteiger partial charge in [0.15, 0.2) is 9.84 Å². The number of fused-ring (bicyclic) bond motifs is 1. The largest absolute Gasteiger partial charge is 0.486 e. The van der Waals surface area contributed by atoms with Crippen LogP contribution in [0.5, 0.6) is 11.6 Å². The van der Waals surface area contributed by atoms with Gasteiger partial charge in [-0.05, 0) is 60.7 Å². The van der Waals surface area contributed by atoms with Gasteiger partial charge in [-0.25, -0.2) is 17.8 Å². The van der Waals surface area contributed by atoms with Crippen LogP contribution in [-0.2, 0) is 21.1 Å². The first kappa shape index (κ1) is 29.5. The second-order valence-corrected chi connectivity index (χ2v) is 12.8. The Bertz CT molecular complexity index is 1580. The van der Waals surface area contributed by atoms with Gasteiger partial charge in [-0.3, -0.25) is 9.69 Å². The summed E-state index contributed by atoms with van der Waals surface area (Å²) in [4.78, 5) is 17.7. The standard InChI is InChI=1S/C32H33FN2O6S/c1-2-3-23(20-31(36)37)22-4-7-25(8-5-22)41-29-12-10-27-26(9-11-28(33)32(27)29)24-6-13-30(34-21-24)40-17-14-35-15-18-42(38,39)19-16-35/h4-9,11,13,21,23,29H,10,12,14-20H2,1H3,(H,36,37)/t23-,29+/m0/s1. The molecule has 1 aliphatic carbocycles. The number of ether oxygens (including phenoxy) is 2. The zero-order chi connectivity index (χ0) is 29.7. The number of carbonyl (C=O) groups is 1. The number of aliphatic carboxylic acids is 1. The van der Waals surface area contributed by atoms with Crippen LogP contribution in [0.4, 0.5) is 4.39 Å². The van der Waals surface area contributed by atoms with E-state index < -0.39 is 27.8 Å². The summed E-state index contributed by atoms with van der Waals surface area (Å²) in [5.41, 5.74) is 3.98. The van der Waals surface area contributed by atoms with Crippen LogP contribution in [0.1, 0.15) is 48.5 Å². The highest BCUT2D eigenvalue weighted by Crippen LogP contribution is 2.42. The predicted octanol–water partition coefficient (Wildman–Crippen LogP) is 4.64. The molecule has 1 saturated heterocycles. The van der Waals surface area contributed by atoms with Gasteiger partial charge >= 0.3 is 5.97 Å². The minimum atomic E-state index is -2.91. The molecule has 1 aliphatic heterocycles. The summed E-state index contributed by atoms with van der Waals surface area (Å²) in [7, 11) is -2.91. The summed E-state index contributed by atoms with van der Waals surface area (Å²) in [6, 6.07) is 14.1. The van der Waals surface area contributed by atoms with Crippen molar-refractivity contribution in [3.8, 4) is 34.6 Å². The van der Waals surface area contributed by atoms with Gasteiger partial charge in [-0.15, -0.1) is 5.92 Å². The molecule has 0 radical (unpaired) electrons. The Balaban J connectivity index is 1.23. The maximum atomic E-state index is 15.1. The van der Waals surface area contributed by atoms with Crippen LogP contribution in [0.25, 0.3) is 11.1 Å². The Morgan fingerprint density at radius 2 is 1.90 bits per heavy atom. The number of pyridine rings is 1. The number of benzene rings is 2. The lowest BCUT2D eigenvalue weighted by Crippen LogP contribution is -2.42. The van der Waals surface area contributed by atoms with Gasteiger partial charge in [-0.2, -0.15) is 0 Å². The van der Waals surface area contributed by atoms with Crippen molar-refractivity contribution in [2.75, 3.05) is 37.7 Å². The summed E-state index contributed by atoms with van der Waals surface area (Å²) in [5.74, 6) is 5.52. The van der Waals surface area contributed by atoms with Crippen LogP contribution in [0.2, 0.25) is 0 Å². The van der Waals surface area contributed by atoms with Crippen molar-refractivity contribution in [2.24, 2.45) is 0 Å². The van der Waals surface area contributed by atoms with Gasteiger partial charge in [0.2, 0.25) is 5.88 Å². The fourth-order valence-electron chi connectivity index (χ4n) is 5.48. The topological polar surface area (TPSA) is 106 Å². The predicted molar refractivity (Wildman–Crippen MR) is 157 cm³/mol. The number of hydrogen-bond donors (Lipinski definition) is 1. The van der Waals surface area contributed by atoms with Crippen molar-refractivity contribution in [3.05, 3.63) is 77.2 Å². The average molecular weight is 593 g/mol. The molecule has 2 atom stereocenters. The van der Waals surface area contributed by atoms with E-state index in [0.717, 1.165) is 22.3 Å². The molecule has 1 fully saturated rings. The molecule has 220 valence electrons. The van der Waals surface area contributed by atoms with E-state index >= 15 is 4.39 Å². The number of sulfone groups is 1. The molecule has 2 aromatic carbocycles. The molecule has 1 aromatic heterocycles. The van der Waals surface area contributed by atoms with E-state index in [1.54, 1.807) is 37.4 Å². The summed E-state index contributed by atoms with van der Waals surface area (Å²) in [5, 5.41) is 9.19. The van der Waals surface area contributed by atoms with E-state index in [-0.39, 0.29) is 23.7 Å². The molecule has 42 heavy (non-hydrogen) atoms. The number of hydrogen-bond acceptors (Lipinski definition) is 7. The van der Waals surface area contributed by atoms with Crippen molar-refractivity contribution >= 4 is 15.8 Å². The van der Waals surface area contributed by atoms with Crippen LogP contribution >= 0.6 is 0 Å². The molecule has 5 rings (SSSR count). The maximum absolute atomic E-state index is 15.1. The molecular weight excluding hydrogens is 559 g/mol. The molecule has 0 bridgehead atoms. The van der Waals surface area contributed by atoms with Gasteiger partial charge in [0.05, 0.1) is 23.8 Å². The number of halogens is 1. The minimum absolute atomic E-state index is 0.0835. The van der Waals surface area contributed by atoms with E-state index in [1.165, 1.54) is 6.07 Å². The Hall–Kier alpha value is -3.94. The molecule has 3 aromatic rings. The summed E-state index contributed by atoms with van der Waals surface area (Å²) < 4.78 is 50.3. The second-order valence-electron chi connectivity index (χ2n) is 10.5. The highest BCUT2D eigenvalue weighted by molar-refractivity contribution is 7.91. The Kier molecular flexibility index (Phi) is 9.09. The molecular formula is C32H33FN2O6S. The van der Waals surface area contributed by atoms with E-state index in [1.807, 2.05) is 18.2 Å². The molecule has 0 unspecified atom stereocenters. The summed E-state index contributed by atoms with van der Waals surface area (Å²) in [6.45, 7) is 3.76. The van der Waals surface area contributed by atoms with E-state index in [4.69, 9.17) is 9.47 Å². The highest BCUT2D eigenvalue weighted by Gasteiger charge is 2.30. The molecule has 1 N–H and O–H groups in total. The van der Waals surface area contributed by atoms with Crippen molar-refractivity contribution in [1.82, 2.24) is 9.88 Å². The van der Waals surface area contributed by atoms with Crippen molar-refractivity contribution in [2.45, 2.75) is 38.2 Å². The maximum Gasteiger partial charge on any atom is 0.304 e. The van der Waals surface area contributed by atoms with Crippen LogP contribution in [0, 0.1) is 17.7 Å². The Labute approximate surface area is 245 Å². The van der Waals surface area contributed by atoms with Crippen LogP contribution in [0.15, 0.2) is 54.7 Å². The smallest absolute Gasteiger partial charge is 0.304 e. The molecule has 2 heterocycles. The average Bonchev–Trinajstić information content (AvgIpc) is 3.39. The molecule has 2 aliphatic rings. The fourth-order valence-corrected chi connectivity index (χ4v) is 6.76. The third-order valence-corrected chi connectivity index (χ3v) is 9.29. The monoisotopic (exact) mass is 592 g/mol. The summed E-state index contributed by atoms with van der Waals surface area (Å²) in [6.07, 6.45) is 2.47. The van der Waals surface area contributed by atoms with Gasteiger partial charge < -0.3 is 14.6 Å². The number of nitrogens with zero attached hydrogens (tertiary/aromatic N) is 2. The van der Waals surface area contributed by atoms with E-state index in [9.17, 15) is 18.3 Å². The molecule has 0 saturated carbocycles. The first-order valence-electron chi connectivity index (χ1n) is 14.0. The van der Waals surface area contributed by atoms with Crippen molar-refractivity contribution in [1.29, 1.82) is 0 Å². The Morgan fingerprint density at radius 1 is 1.14 bits per heavy atom. The lowest BCUT2D eigenvalue weighted by Gasteiger charge is -2.26. The molecule has 0 amide bonds. The fraction of sp³-hybridized carbons (Fsp3) is 0.375. The highest BCUT2D eigenvalue weighted by atomic mass is 32.2. The van der Waals surface area contributed by atoms with Crippen LogP contribution < -0.4 is 9.47 Å². The molecule has 10 heteroatoms. The number of carboxylic acid groups (broad SMARTS) is 1. The van der Waals surface area contributed by atoms with Crippen LogP contribution in [0.3, 0.4) is 0 Å². The molecule has 0 spiro atoms. The van der Waals surface area contributed by atoms with Gasteiger partial charge in [0.25, 0.3) is 0 Å². The number of rotatable bonds is 10. The number of aromatic nitrogens is 1. The first-order chi connectivity index (χ1) is 20.2. The third kappa shape index (κ3) is 7.09. The lowest BCUT2D eigenvalue weighted by atomic mass is 9.96. The SMILES string of the molecule is CC#C[C@@H](CC(=O)O)c1ccc(O[C@@H]2CCc3c(-c4ccc(OCCN5CCS(=O)(=O)CC5)nc4)ccc(F)c32)cc1. The molecule has 8 nitrogen and oxygen atoms in total. The Morgan fingerprint density at radius 3 is 2.57 bits per heavy atom. The summed E-state index contributed by atoms with van der Waals surface area (Å²) >= 11 is 0. The van der Waals surface area contributed by atoms with Gasteiger partial charge in [0, 0.05) is 43.0 Å². The normalized spacial score (nSPS) is 18.4. The quantitative estimate of drug-likeness (QED) is 0.340. The van der Waals surface area contributed by atoms with Gasteiger partial charge in [0.1, 0.15) is 24.3 Å². The lowest BCUT2D eigenvalue weighted by molar-refractivity contribution is -0.137. The first-order valence-corrected chi connectivity index (χ1v) is 15.8. The zero-order valence-electron chi connectivity index (χ0n) is 23.4. The number of carboxylic acids is 1.